The molecule has 0 spiro atoms. The Labute approximate surface area is 130 Å². The van der Waals surface area contributed by atoms with Gasteiger partial charge in [0.05, 0.1) is 0 Å². The van der Waals surface area contributed by atoms with Crippen LogP contribution in [-0.2, 0) is 0 Å². The maximum absolute atomic E-state index is 13.7. The Morgan fingerprint density at radius 2 is 1.61 bits per heavy atom. The first-order valence-electron chi connectivity index (χ1n) is 6.72. The zero-order valence-electron chi connectivity index (χ0n) is 12.8. The van der Waals surface area contributed by atoms with Crippen LogP contribution in [0.15, 0.2) is 12.1 Å². The van der Waals surface area contributed by atoms with Crippen molar-refractivity contribution in [3.8, 4) is 5.75 Å². The molecule has 0 aliphatic rings. The number of alkyl halides is 1. The van der Waals surface area contributed by atoms with Crippen molar-refractivity contribution < 1.29 is 32.5 Å². The average molecular weight is 335 g/mol. The fraction of sp³-hybridized carbons (Fsp3) is 0.333. The van der Waals surface area contributed by atoms with Gasteiger partial charge in [0.2, 0.25) is 5.82 Å². The second kappa shape index (κ2) is 7.01. The molecular weight excluding hydrogens is 318 g/mol. The molecule has 8 heteroatoms. The molecule has 23 heavy (non-hydrogen) atoms. The van der Waals surface area contributed by atoms with Gasteiger partial charge < -0.3 is 20.7 Å². The number of ether oxygens (including phenoxy) is 1. The molecule has 0 aromatic heterocycles. The van der Waals surface area contributed by atoms with E-state index >= 15 is 0 Å². The van der Waals surface area contributed by atoms with Crippen LogP contribution in [0.3, 0.4) is 0 Å². The number of nitrogens with two attached hydrogens (primary N) is 1. The maximum atomic E-state index is 13.7. The molecule has 2 rings (SSSR count). The van der Waals surface area contributed by atoms with Crippen LogP contribution < -0.4 is 10.5 Å². The highest BCUT2D eigenvalue weighted by Gasteiger charge is 2.31. The lowest BCUT2D eigenvalue weighted by molar-refractivity contribution is -0.375. The van der Waals surface area contributed by atoms with Gasteiger partial charge in [0, 0.05) is 16.5 Å². The predicted molar refractivity (Wildman–Crippen MR) is 77.8 cm³/mol. The van der Waals surface area contributed by atoms with Crippen LogP contribution in [0.4, 0.5) is 23.2 Å². The van der Waals surface area contributed by atoms with Gasteiger partial charge in [-0.2, -0.15) is 4.39 Å². The van der Waals surface area contributed by atoms with Crippen molar-refractivity contribution in [1.29, 1.82) is 0 Å². The number of rotatable bonds is 2. The Balaban J connectivity index is 0.000000816. The number of hydrogen-bond donors (Lipinski definition) is 3. The van der Waals surface area contributed by atoms with E-state index < -0.39 is 34.8 Å². The lowest BCUT2D eigenvalue weighted by Gasteiger charge is -2.18. The summed E-state index contributed by atoms with van der Waals surface area (Å²) in [7, 11) is 0. The molecule has 0 saturated carbocycles. The third-order valence-electron chi connectivity index (χ3n) is 2.64. The van der Waals surface area contributed by atoms with Crippen molar-refractivity contribution in [2.75, 3.05) is 5.73 Å². The maximum Gasteiger partial charge on any atom is 0.492 e. The number of anilines is 1. The normalized spacial score (nSPS) is 11.2. The van der Waals surface area contributed by atoms with E-state index in [0.29, 0.717) is 0 Å². The van der Waals surface area contributed by atoms with Crippen LogP contribution >= 0.6 is 0 Å². The summed E-state index contributed by atoms with van der Waals surface area (Å²) in [6.07, 6.45) is -2.99. The summed E-state index contributed by atoms with van der Waals surface area (Å²) in [5.74, 6) is -6.53. The number of aryl methyl sites for hydroxylation is 1. The summed E-state index contributed by atoms with van der Waals surface area (Å²) < 4.78 is 57.4. The molecule has 0 heterocycles. The number of aliphatic hydroxyl groups is 2. The molecule has 0 aliphatic heterocycles. The van der Waals surface area contributed by atoms with Crippen LogP contribution in [0.5, 0.6) is 5.75 Å². The Morgan fingerprint density at radius 1 is 1.09 bits per heavy atom. The first-order chi connectivity index (χ1) is 10.5. The zero-order valence-corrected chi connectivity index (χ0v) is 12.8. The number of halogens is 4. The minimum Gasteiger partial charge on any atom is -0.409 e. The molecule has 4 N–H and O–H groups in total. The van der Waals surface area contributed by atoms with Gasteiger partial charge in [0.1, 0.15) is 0 Å². The van der Waals surface area contributed by atoms with E-state index in [1.807, 2.05) is 0 Å². The minimum absolute atomic E-state index is 0.0605. The Kier molecular flexibility index (Phi) is 5.79. The van der Waals surface area contributed by atoms with Gasteiger partial charge in [-0.3, -0.25) is 0 Å². The molecule has 128 valence electrons. The van der Waals surface area contributed by atoms with E-state index in [2.05, 4.69) is 18.6 Å². The molecule has 0 bridgehead atoms. The monoisotopic (exact) mass is 335 g/mol. The molecular formula is C15H17F4NO3. The van der Waals surface area contributed by atoms with Gasteiger partial charge in [0.25, 0.3) is 0 Å². The van der Waals surface area contributed by atoms with Crippen molar-refractivity contribution in [2.45, 2.75) is 33.4 Å². The highest BCUT2D eigenvalue weighted by atomic mass is 19.2. The number of nitrogen functional groups attached to an aromatic ring is 1. The van der Waals surface area contributed by atoms with Gasteiger partial charge in [-0.25, -0.2) is 8.78 Å². The fourth-order valence-electron chi connectivity index (χ4n) is 1.94. The summed E-state index contributed by atoms with van der Waals surface area (Å²) >= 11 is 0. The van der Waals surface area contributed by atoms with Crippen molar-refractivity contribution in [3.63, 3.8) is 0 Å². The first-order valence-corrected chi connectivity index (χ1v) is 6.72. The Morgan fingerprint density at radius 3 is 2.09 bits per heavy atom. The first kappa shape index (κ1) is 19.0. The summed E-state index contributed by atoms with van der Waals surface area (Å²) in [5.41, 5.74) is 5.66. The van der Waals surface area contributed by atoms with E-state index in [4.69, 9.17) is 15.9 Å². The number of benzene rings is 2. The van der Waals surface area contributed by atoms with E-state index in [0.717, 1.165) is 6.07 Å². The number of fused-ring (bicyclic) bond motifs is 1. The smallest absolute Gasteiger partial charge is 0.409 e. The van der Waals surface area contributed by atoms with Crippen molar-refractivity contribution in [3.05, 3.63) is 35.1 Å². The molecule has 0 unspecified atom stereocenters. The predicted octanol–water partition coefficient (Wildman–Crippen LogP) is 3.51. The molecule has 0 saturated heterocycles. The highest BCUT2D eigenvalue weighted by Crippen LogP contribution is 2.38. The van der Waals surface area contributed by atoms with Gasteiger partial charge in [0.15, 0.2) is 17.4 Å². The van der Waals surface area contributed by atoms with Gasteiger partial charge in [-0.1, -0.05) is 20.3 Å². The summed E-state index contributed by atoms with van der Waals surface area (Å²) in [6, 6.07) is 2.27. The van der Waals surface area contributed by atoms with E-state index in [9.17, 15) is 17.6 Å². The third-order valence-corrected chi connectivity index (χ3v) is 2.64. The van der Waals surface area contributed by atoms with Gasteiger partial charge in [-0.15, -0.1) is 4.39 Å². The van der Waals surface area contributed by atoms with Crippen LogP contribution in [0.25, 0.3) is 10.8 Å². The molecule has 0 aliphatic carbocycles. The minimum atomic E-state index is -4.24. The van der Waals surface area contributed by atoms with Gasteiger partial charge in [-0.05, 0) is 24.6 Å². The van der Waals surface area contributed by atoms with Crippen LogP contribution in [0, 0.1) is 24.4 Å². The topological polar surface area (TPSA) is 75.7 Å². The van der Waals surface area contributed by atoms with E-state index in [-0.39, 0.29) is 16.6 Å². The fourth-order valence-corrected chi connectivity index (χ4v) is 1.94. The molecule has 0 amide bonds. The SMILES string of the molecule is CCC.Cc1cc(N)cc2c(F)c(F)c(F)c(OC(O)(O)F)c12. The van der Waals surface area contributed by atoms with Crippen LogP contribution in [-0.4, -0.2) is 16.4 Å². The second-order valence-electron chi connectivity index (χ2n) is 4.87. The second-order valence-corrected chi connectivity index (χ2v) is 4.87. The van der Waals surface area contributed by atoms with Crippen molar-refractivity contribution in [1.82, 2.24) is 0 Å². The Hall–Kier alpha value is -2.06. The standard InChI is InChI=1S/C12H9F4NO3.C3H8/c1-4-2-5(17)3-6-7(4)11(20-12(16,18)19)10(15)9(14)8(6)13;1-3-2/h2-3,18-19H,17H2,1H3;3H2,1-2H3. The van der Waals surface area contributed by atoms with Crippen molar-refractivity contribution >= 4 is 16.5 Å². The van der Waals surface area contributed by atoms with Crippen molar-refractivity contribution in [2.24, 2.45) is 0 Å². The largest absolute Gasteiger partial charge is 0.492 e. The molecule has 2 aromatic rings. The summed E-state index contributed by atoms with van der Waals surface area (Å²) in [5, 5.41) is 16.2. The quantitative estimate of drug-likeness (QED) is 0.340. The molecule has 0 atom stereocenters. The van der Waals surface area contributed by atoms with E-state index in [1.165, 1.54) is 19.4 Å². The molecule has 2 aromatic carbocycles. The van der Waals surface area contributed by atoms with E-state index in [1.54, 1.807) is 0 Å². The van der Waals surface area contributed by atoms with Crippen LogP contribution in [0.1, 0.15) is 25.8 Å². The molecule has 0 radical (unpaired) electrons. The molecule has 0 fully saturated rings. The lowest BCUT2D eigenvalue weighted by atomic mass is 10.0. The summed E-state index contributed by atoms with van der Waals surface area (Å²) in [4.78, 5) is 0. The molecule has 4 nitrogen and oxygen atoms in total. The average Bonchev–Trinajstić information content (AvgIpc) is 2.40. The Bertz CT molecular complexity index is 714. The highest BCUT2D eigenvalue weighted by molar-refractivity contribution is 5.94. The van der Waals surface area contributed by atoms with Gasteiger partial charge >= 0.3 is 6.23 Å². The zero-order chi connectivity index (χ0) is 17.9. The third kappa shape index (κ3) is 4.23. The van der Waals surface area contributed by atoms with Crippen LogP contribution in [0.2, 0.25) is 0 Å². The number of hydrogen-bond acceptors (Lipinski definition) is 4. The summed E-state index contributed by atoms with van der Waals surface area (Å²) in [6.45, 7) is 5.61. The lowest BCUT2D eigenvalue weighted by Crippen LogP contribution is -2.30.